The highest BCUT2D eigenvalue weighted by Gasteiger charge is 2.18. The van der Waals surface area contributed by atoms with E-state index < -0.39 is 0 Å². The van der Waals surface area contributed by atoms with Crippen LogP contribution < -0.4 is 11.1 Å². The number of nitrogens with two attached hydrogens (primary N) is 1. The summed E-state index contributed by atoms with van der Waals surface area (Å²) >= 11 is 0. The highest BCUT2D eigenvalue weighted by atomic mass is 16.1. The first-order valence-corrected chi connectivity index (χ1v) is 7.45. The highest BCUT2D eigenvalue weighted by Crippen LogP contribution is 2.22. The molecule has 3 N–H and O–H groups in total. The maximum atomic E-state index is 12.0. The highest BCUT2D eigenvalue weighted by molar-refractivity contribution is 5.79. The van der Waals surface area contributed by atoms with Gasteiger partial charge in [-0.15, -0.1) is 0 Å². The van der Waals surface area contributed by atoms with E-state index in [0.717, 1.165) is 13.0 Å². The summed E-state index contributed by atoms with van der Waals surface area (Å²) < 4.78 is 0. The third-order valence-corrected chi connectivity index (χ3v) is 3.51. The molecule has 0 aliphatic heterocycles. The van der Waals surface area contributed by atoms with Crippen molar-refractivity contribution >= 4 is 5.91 Å². The van der Waals surface area contributed by atoms with E-state index >= 15 is 0 Å². The van der Waals surface area contributed by atoms with Crippen LogP contribution in [0.1, 0.15) is 45.2 Å². The van der Waals surface area contributed by atoms with Gasteiger partial charge < -0.3 is 11.1 Å². The molecule has 1 amide bonds. The van der Waals surface area contributed by atoms with Gasteiger partial charge in [-0.3, -0.25) is 4.79 Å². The molecule has 0 aliphatic rings. The number of amides is 1. The Hall–Kier alpha value is -1.35. The standard InChI is InChI=1S/C17H28N2O/c1-5-10-19-16(20)14(12-18)11-13-6-8-15(9-7-13)17(2,3)4/h6-9,14H,5,10-12,18H2,1-4H3,(H,19,20). The van der Waals surface area contributed by atoms with Gasteiger partial charge in [-0.1, -0.05) is 52.0 Å². The van der Waals surface area contributed by atoms with Crippen LogP contribution in [0.4, 0.5) is 0 Å². The van der Waals surface area contributed by atoms with Crippen LogP contribution >= 0.6 is 0 Å². The molecule has 0 fully saturated rings. The van der Waals surface area contributed by atoms with Crippen LogP contribution in [0.15, 0.2) is 24.3 Å². The Kier molecular flexibility index (Phi) is 6.21. The second-order valence-corrected chi connectivity index (χ2v) is 6.37. The van der Waals surface area contributed by atoms with Crippen LogP contribution in [0.3, 0.4) is 0 Å². The van der Waals surface area contributed by atoms with Gasteiger partial charge in [0.2, 0.25) is 5.91 Å². The molecular formula is C17H28N2O. The van der Waals surface area contributed by atoms with Crippen LogP contribution in [0.2, 0.25) is 0 Å². The largest absolute Gasteiger partial charge is 0.356 e. The minimum Gasteiger partial charge on any atom is -0.356 e. The molecule has 1 unspecified atom stereocenters. The first-order valence-electron chi connectivity index (χ1n) is 7.45. The molecule has 0 radical (unpaired) electrons. The topological polar surface area (TPSA) is 55.1 Å². The quantitative estimate of drug-likeness (QED) is 0.839. The average molecular weight is 276 g/mol. The molecular weight excluding hydrogens is 248 g/mol. The van der Waals surface area contributed by atoms with Crippen LogP contribution in [0, 0.1) is 5.92 Å². The van der Waals surface area contributed by atoms with E-state index in [1.54, 1.807) is 0 Å². The van der Waals surface area contributed by atoms with E-state index in [-0.39, 0.29) is 17.2 Å². The van der Waals surface area contributed by atoms with Gasteiger partial charge in [0.15, 0.2) is 0 Å². The molecule has 1 atom stereocenters. The third-order valence-electron chi connectivity index (χ3n) is 3.51. The molecule has 3 heteroatoms. The van der Waals surface area contributed by atoms with Crippen LogP contribution in [-0.4, -0.2) is 19.0 Å². The van der Waals surface area contributed by atoms with E-state index in [1.165, 1.54) is 11.1 Å². The molecule has 1 aromatic rings. The monoisotopic (exact) mass is 276 g/mol. The molecule has 3 nitrogen and oxygen atoms in total. The Morgan fingerprint density at radius 1 is 1.25 bits per heavy atom. The molecule has 0 aromatic heterocycles. The van der Waals surface area contributed by atoms with Crippen LogP contribution in [-0.2, 0) is 16.6 Å². The Bertz CT molecular complexity index is 418. The predicted molar refractivity (Wildman–Crippen MR) is 84.7 cm³/mol. The number of rotatable bonds is 6. The first kappa shape index (κ1) is 16.7. The van der Waals surface area contributed by atoms with E-state index in [0.29, 0.717) is 13.0 Å². The molecule has 0 saturated heterocycles. The number of hydrogen-bond acceptors (Lipinski definition) is 2. The van der Waals surface area contributed by atoms with Crippen LogP contribution in [0.25, 0.3) is 0 Å². The number of nitrogens with one attached hydrogen (secondary N) is 1. The average Bonchev–Trinajstić information content (AvgIpc) is 2.41. The number of benzene rings is 1. The first-order chi connectivity index (χ1) is 9.38. The smallest absolute Gasteiger partial charge is 0.224 e. The summed E-state index contributed by atoms with van der Waals surface area (Å²) in [7, 11) is 0. The van der Waals surface area contributed by atoms with Crippen molar-refractivity contribution in [1.82, 2.24) is 5.32 Å². The zero-order valence-corrected chi connectivity index (χ0v) is 13.2. The van der Waals surface area contributed by atoms with Crippen molar-refractivity contribution in [2.75, 3.05) is 13.1 Å². The predicted octanol–water partition coefficient (Wildman–Crippen LogP) is 2.63. The normalized spacial score (nSPS) is 13.1. The molecule has 20 heavy (non-hydrogen) atoms. The van der Waals surface area contributed by atoms with Gasteiger partial charge in [0.25, 0.3) is 0 Å². The lowest BCUT2D eigenvalue weighted by atomic mass is 9.86. The summed E-state index contributed by atoms with van der Waals surface area (Å²) in [6, 6.07) is 8.51. The number of carbonyl (C=O) groups excluding carboxylic acids is 1. The van der Waals surface area contributed by atoms with Crippen molar-refractivity contribution in [2.45, 2.75) is 46.0 Å². The van der Waals surface area contributed by atoms with Gasteiger partial charge >= 0.3 is 0 Å². The van der Waals surface area contributed by atoms with E-state index in [9.17, 15) is 4.79 Å². The van der Waals surface area contributed by atoms with Gasteiger partial charge in [-0.25, -0.2) is 0 Å². The van der Waals surface area contributed by atoms with Gasteiger partial charge in [-0.2, -0.15) is 0 Å². The zero-order valence-electron chi connectivity index (χ0n) is 13.2. The zero-order chi connectivity index (χ0) is 15.2. The minimum absolute atomic E-state index is 0.0641. The molecule has 112 valence electrons. The second-order valence-electron chi connectivity index (χ2n) is 6.37. The van der Waals surface area contributed by atoms with Crippen molar-refractivity contribution < 1.29 is 4.79 Å². The summed E-state index contributed by atoms with van der Waals surface area (Å²) in [5.41, 5.74) is 8.36. The Morgan fingerprint density at radius 3 is 2.30 bits per heavy atom. The SMILES string of the molecule is CCCNC(=O)C(CN)Cc1ccc(C(C)(C)C)cc1. The van der Waals surface area contributed by atoms with E-state index in [4.69, 9.17) is 5.73 Å². The van der Waals surface area contributed by atoms with Crippen molar-refractivity contribution in [3.63, 3.8) is 0 Å². The molecule has 0 aliphatic carbocycles. The lowest BCUT2D eigenvalue weighted by Gasteiger charge is -2.20. The Morgan fingerprint density at radius 2 is 1.85 bits per heavy atom. The number of carbonyl (C=O) groups is 1. The van der Waals surface area contributed by atoms with E-state index in [2.05, 4.69) is 50.4 Å². The van der Waals surface area contributed by atoms with E-state index in [1.807, 2.05) is 6.92 Å². The van der Waals surface area contributed by atoms with Crippen LogP contribution in [0.5, 0.6) is 0 Å². The fourth-order valence-electron chi connectivity index (χ4n) is 2.10. The summed E-state index contributed by atoms with van der Waals surface area (Å²) in [6.45, 7) is 9.74. The summed E-state index contributed by atoms with van der Waals surface area (Å²) in [5, 5.41) is 2.92. The molecule has 0 heterocycles. The molecule has 1 aromatic carbocycles. The fourth-order valence-corrected chi connectivity index (χ4v) is 2.10. The third kappa shape index (κ3) is 4.97. The molecule has 0 bridgehead atoms. The lowest BCUT2D eigenvalue weighted by Crippen LogP contribution is -2.36. The molecule has 0 spiro atoms. The van der Waals surface area contributed by atoms with Gasteiger partial charge in [-0.05, 0) is 29.4 Å². The second kappa shape index (κ2) is 7.44. The summed E-state index contributed by atoms with van der Waals surface area (Å²) in [5.74, 6) is -0.0729. The Balaban J connectivity index is 2.68. The van der Waals surface area contributed by atoms with Crippen molar-refractivity contribution in [3.05, 3.63) is 35.4 Å². The molecule has 0 saturated carbocycles. The fraction of sp³-hybridized carbons (Fsp3) is 0.588. The molecule has 1 rings (SSSR count). The van der Waals surface area contributed by atoms with Gasteiger partial charge in [0.05, 0.1) is 5.92 Å². The maximum Gasteiger partial charge on any atom is 0.224 e. The van der Waals surface area contributed by atoms with Crippen molar-refractivity contribution in [2.24, 2.45) is 11.7 Å². The number of hydrogen-bond donors (Lipinski definition) is 2. The lowest BCUT2D eigenvalue weighted by molar-refractivity contribution is -0.124. The summed E-state index contributed by atoms with van der Waals surface area (Å²) in [6.07, 6.45) is 1.65. The minimum atomic E-state index is -0.137. The summed E-state index contributed by atoms with van der Waals surface area (Å²) in [4.78, 5) is 12.0. The van der Waals surface area contributed by atoms with Crippen molar-refractivity contribution in [1.29, 1.82) is 0 Å². The van der Waals surface area contributed by atoms with Gasteiger partial charge in [0, 0.05) is 13.1 Å². The Labute approximate surface area is 122 Å². The van der Waals surface area contributed by atoms with Gasteiger partial charge in [0.1, 0.15) is 0 Å². The van der Waals surface area contributed by atoms with Crippen molar-refractivity contribution in [3.8, 4) is 0 Å². The maximum absolute atomic E-state index is 12.0.